The quantitative estimate of drug-likeness (QED) is 0.290. The van der Waals surface area contributed by atoms with Crippen LogP contribution in [0.4, 0.5) is 5.69 Å². The molecule has 0 aromatic heterocycles. The van der Waals surface area contributed by atoms with Gasteiger partial charge in [-0.3, -0.25) is 9.52 Å². The highest BCUT2D eigenvalue weighted by Gasteiger charge is 2.24. The maximum atomic E-state index is 13.4. The van der Waals surface area contributed by atoms with Crippen molar-refractivity contribution >= 4 is 33.2 Å². The predicted molar refractivity (Wildman–Crippen MR) is 145 cm³/mol. The molecule has 2 N–H and O–H groups in total. The molecule has 1 unspecified atom stereocenters. The van der Waals surface area contributed by atoms with Crippen molar-refractivity contribution < 1.29 is 13.2 Å². The molecule has 4 rings (SSSR count). The second-order valence-electron chi connectivity index (χ2n) is 8.67. The lowest BCUT2D eigenvalue weighted by atomic mass is 9.94. The number of nitrogens with one attached hydrogen (secondary N) is 2. The Labute approximate surface area is 217 Å². The Morgan fingerprint density at radius 2 is 1.47 bits per heavy atom. The fraction of sp³-hybridized carbons (Fsp3) is 0.138. The first-order valence-electron chi connectivity index (χ1n) is 11.5. The summed E-state index contributed by atoms with van der Waals surface area (Å²) in [5.74, 6) is -0.410. The van der Waals surface area contributed by atoms with E-state index in [4.69, 9.17) is 11.6 Å². The van der Waals surface area contributed by atoms with Crippen molar-refractivity contribution in [2.24, 2.45) is 0 Å². The van der Waals surface area contributed by atoms with Crippen molar-refractivity contribution in [2.45, 2.75) is 31.7 Å². The molecular formula is C29H27ClN2O3S. The SMILES string of the molecule is Cc1ccccc1C(NC(=O)c1ccc(Cl)c(S(=O)(=O)Nc2cccc(C)c2C)c1)c1ccccc1. The minimum atomic E-state index is -4.04. The third-order valence-electron chi connectivity index (χ3n) is 6.24. The largest absolute Gasteiger partial charge is 0.341 e. The highest BCUT2D eigenvalue weighted by atomic mass is 35.5. The maximum Gasteiger partial charge on any atom is 0.263 e. The van der Waals surface area contributed by atoms with Crippen LogP contribution in [0.1, 0.15) is 44.2 Å². The van der Waals surface area contributed by atoms with Crippen molar-refractivity contribution in [1.29, 1.82) is 0 Å². The Bertz CT molecular complexity index is 1520. The molecule has 0 saturated heterocycles. The lowest BCUT2D eigenvalue weighted by Crippen LogP contribution is -2.30. The number of halogens is 1. The van der Waals surface area contributed by atoms with Gasteiger partial charge in [-0.15, -0.1) is 0 Å². The maximum absolute atomic E-state index is 13.4. The van der Waals surface area contributed by atoms with E-state index in [-0.39, 0.29) is 15.5 Å². The molecule has 0 aliphatic carbocycles. The highest BCUT2D eigenvalue weighted by molar-refractivity contribution is 7.92. The molecule has 0 bridgehead atoms. The van der Waals surface area contributed by atoms with Gasteiger partial charge in [-0.2, -0.15) is 0 Å². The third-order valence-corrected chi connectivity index (χ3v) is 8.09. The van der Waals surface area contributed by atoms with Gasteiger partial charge in [0, 0.05) is 5.56 Å². The number of amides is 1. The van der Waals surface area contributed by atoms with Gasteiger partial charge < -0.3 is 5.32 Å². The second-order valence-corrected chi connectivity index (χ2v) is 10.7. The lowest BCUT2D eigenvalue weighted by molar-refractivity contribution is 0.0942. The molecule has 1 atom stereocenters. The second kappa shape index (κ2) is 10.6. The van der Waals surface area contributed by atoms with Crippen LogP contribution < -0.4 is 10.0 Å². The van der Waals surface area contributed by atoms with Gasteiger partial charge in [-0.25, -0.2) is 8.42 Å². The van der Waals surface area contributed by atoms with Gasteiger partial charge in [0.25, 0.3) is 15.9 Å². The summed E-state index contributed by atoms with van der Waals surface area (Å²) in [6.45, 7) is 5.74. The molecule has 0 heterocycles. The normalized spacial score (nSPS) is 12.1. The number of aryl methyl sites for hydroxylation is 2. The summed E-state index contributed by atoms with van der Waals surface area (Å²) < 4.78 is 29.1. The van der Waals surface area contributed by atoms with Crippen LogP contribution in [0.15, 0.2) is 95.9 Å². The van der Waals surface area contributed by atoms with Crippen molar-refractivity contribution in [3.05, 3.63) is 129 Å². The van der Waals surface area contributed by atoms with Gasteiger partial charge in [0.2, 0.25) is 0 Å². The molecule has 0 radical (unpaired) electrons. The smallest absolute Gasteiger partial charge is 0.263 e. The number of benzene rings is 4. The number of rotatable bonds is 7. The van der Waals surface area contributed by atoms with Crippen LogP contribution in [-0.2, 0) is 10.0 Å². The summed E-state index contributed by atoms with van der Waals surface area (Å²) in [4.78, 5) is 13.2. The number of hydrogen-bond donors (Lipinski definition) is 2. The van der Waals surface area contributed by atoms with E-state index >= 15 is 0 Å². The number of carbonyl (C=O) groups is 1. The van der Waals surface area contributed by atoms with Crippen molar-refractivity contribution in [3.63, 3.8) is 0 Å². The van der Waals surface area contributed by atoms with E-state index in [1.54, 1.807) is 12.1 Å². The molecular weight excluding hydrogens is 492 g/mol. The molecule has 5 nitrogen and oxygen atoms in total. The van der Waals surface area contributed by atoms with Crippen LogP contribution in [0.2, 0.25) is 5.02 Å². The summed E-state index contributed by atoms with van der Waals surface area (Å²) >= 11 is 6.29. The summed E-state index contributed by atoms with van der Waals surface area (Å²) in [6.07, 6.45) is 0. The molecule has 0 fully saturated rings. The Balaban J connectivity index is 1.67. The van der Waals surface area contributed by atoms with Crippen LogP contribution in [0.3, 0.4) is 0 Å². The van der Waals surface area contributed by atoms with Crippen molar-refractivity contribution in [2.75, 3.05) is 4.72 Å². The predicted octanol–water partition coefficient (Wildman–Crippen LogP) is 6.59. The lowest BCUT2D eigenvalue weighted by Gasteiger charge is -2.22. The highest BCUT2D eigenvalue weighted by Crippen LogP contribution is 2.29. The van der Waals surface area contributed by atoms with Crippen LogP contribution in [0.5, 0.6) is 0 Å². The topological polar surface area (TPSA) is 75.3 Å². The molecule has 0 spiro atoms. The summed E-state index contributed by atoms with van der Waals surface area (Å²) in [6, 6.07) is 26.7. The van der Waals surface area contributed by atoms with E-state index in [0.717, 1.165) is 27.8 Å². The molecule has 0 aliphatic heterocycles. The molecule has 4 aromatic carbocycles. The van der Waals surface area contributed by atoms with Crippen molar-refractivity contribution in [1.82, 2.24) is 5.32 Å². The van der Waals surface area contributed by atoms with Crippen LogP contribution in [0.25, 0.3) is 0 Å². The molecule has 4 aromatic rings. The van der Waals surface area contributed by atoms with Gasteiger partial charge in [0.05, 0.1) is 16.8 Å². The zero-order chi connectivity index (χ0) is 25.9. The Morgan fingerprint density at radius 3 is 2.19 bits per heavy atom. The summed E-state index contributed by atoms with van der Waals surface area (Å²) in [5.41, 5.74) is 5.32. The minimum absolute atomic E-state index is 0.0304. The monoisotopic (exact) mass is 518 g/mol. The first-order valence-corrected chi connectivity index (χ1v) is 13.3. The third kappa shape index (κ3) is 5.45. The van der Waals surface area contributed by atoms with Crippen molar-refractivity contribution in [3.8, 4) is 0 Å². The summed E-state index contributed by atoms with van der Waals surface area (Å²) in [5, 5.41) is 3.10. The fourth-order valence-corrected chi connectivity index (χ4v) is 5.67. The number of carbonyl (C=O) groups excluding carboxylic acids is 1. The molecule has 0 aliphatic rings. The standard InChI is InChI=1S/C29H27ClN2O3S/c1-19-11-9-15-26(21(19)3)32-36(34,35)27-18-23(16-17-25(27)30)29(33)31-28(22-12-5-4-6-13-22)24-14-8-7-10-20(24)2/h4-18,28,32H,1-3H3,(H,31,33). The number of hydrogen-bond acceptors (Lipinski definition) is 3. The van der Waals surface area contributed by atoms with E-state index < -0.39 is 22.0 Å². The first kappa shape index (κ1) is 25.5. The Hall–Kier alpha value is -3.61. The molecule has 7 heteroatoms. The van der Waals surface area contributed by atoms with Crippen LogP contribution in [-0.4, -0.2) is 14.3 Å². The Morgan fingerprint density at radius 1 is 0.806 bits per heavy atom. The zero-order valence-electron chi connectivity index (χ0n) is 20.2. The molecule has 184 valence electrons. The van der Waals surface area contributed by atoms with E-state index in [1.807, 2.05) is 81.4 Å². The van der Waals surface area contributed by atoms with Gasteiger partial charge in [-0.05, 0) is 72.9 Å². The van der Waals surface area contributed by atoms with Crippen LogP contribution >= 0.6 is 11.6 Å². The first-order chi connectivity index (χ1) is 17.2. The number of anilines is 1. The zero-order valence-corrected chi connectivity index (χ0v) is 21.8. The van der Waals surface area contributed by atoms with Gasteiger partial charge in [0.1, 0.15) is 4.90 Å². The number of sulfonamides is 1. The average Bonchev–Trinajstić information content (AvgIpc) is 2.86. The van der Waals surface area contributed by atoms with E-state index in [1.165, 1.54) is 18.2 Å². The average molecular weight is 519 g/mol. The van der Waals surface area contributed by atoms with E-state index in [0.29, 0.717) is 5.69 Å². The van der Waals surface area contributed by atoms with Gasteiger partial charge >= 0.3 is 0 Å². The van der Waals surface area contributed by atoms with Crippen LogP contribution in [0, 0.1) is 20.8 Å². The van der Waals surface area contributed by atoms with Gasteiger partial charge in [-0.1, -0.05) is 78.3 Å². The minimum Gasteiger partial charge on any atom is -0.341 e. The molecule has 0 saturated carbocycles. The summed E-state index contributed by atoms with van der Waals surface area (Å²) in [7, 11) is -4.04. The molecule has 1 amide bonds. The van der Waals surface area contributed by atoms with Gasteiger partial charge in [0.15, 0.2) is 0 Å². The fourth-order valence-electron chi connectivity index (χ4n) is 4.02. The molecule has 36 heavy (non-hydrogen) atoms. The Kier molecular flexibility index (Phi) is 7.48. The van der Waals surface area contributed by atoms with E-state index in [2.05, 4.69) is 10.0 Å². The van der Waals surface area contributed by atoms with E-state index in [9.17, 15) is 13.2 Å².